The van der Waals surface area contributed by atoms with Crippen molar-refractivity contribution in [3.8, 4) is 0 Å². The molecule has 2 saturated carbocycles. The Hall–Kier alpha value is -0.680. The molecule has 1 saturated heterocycles. The minimum atomic E-state index is -0.869. The van der Waals surface area contributed by atoms with E-state index in [4.69, 9.17) is 4.74 Å². The highest BCUT2D eigenvalue weighted by Gasteiger charge is 2.71. The summed E-state index contributed by atoms with van der Waals surface area (Å²) in [6.45, 7) is 17.6. The van der Waals surface area contributed by atoms with Crippen LogP contribution in [-0.4, -0.2) is 44.8 Å². The number of ether oxygens (including phenoxy) is 1. The lowest BCUT2D eigenvalue weighted by atomic mass is 9.40. The Morgan fingerprint density at radius 3 is 2.15 bits per heavy atom. The summed E-state index contributed by atoms with van der Waals surface area (Å²) >= 11 is 0. The fourth-order valence-electron chi connectivity index (χ4n) is 9.76. The molecule has 192 valence electrons. The summed E-state index contributed by atoms with van der Waals surface area (Å²) in [6.07, 6.45) is 10.3. The molecule has 3 fully saturated rings. The van der Waals surface area contributed by atoms with Gasteiger partial charge in [0.25, 0.3) is 0 Å². The molecule has 0 aromatic carbocycles. The van der Waals surface area contributed by atoms with E-state index < -0.39 is 17.3 Å². The van der Waals surface area contributed by atoms with E-state index in [1.165, 1.54) is 11.1 Å². The van der Waals surface area contributed by atoms with E-state index in [1.807, 2.05) is 13.8 Å². The molecule has 1 aliphatic heterocycles. The maximum atomic E-state index is 11.7. The standard InChI is InChI=1S/C30H48O4/c1-25(2)18-9-11-21-27(5,19(18)10-12-22(25)32)15-16-28(6)24(20(31)17-29(21,28)7)30(8)14-13-23(34-30)26(3,4)33/h9-10,20-24,31-33H,11-17H2,1-8H3/t20-,21+,22-,23-,24?,27-,28+,29-,30+/m0/s1. The van der Waals surface area contributed by atoms with Crippen molar-refractivity contribution in [3.63, 3.8) is 0 Å². The van der Waals surface area contributed by atoms with Crippen molar-refractivity contribution in [2.24, 2.45) is 33.5 Å². The maximum Gasteiger partial charge on any atom is 0.0865 e. The van der Waals surface area contributed by atoms with Crippen molar-refractivity contribution < 1.29 is 20.1 Å². The van der Waals surface area contributed by atoms with Crippen molar-refractivity contribution in [2.75, 3.05) is 0 Å². The van der Waals surface area contributed by atoms with Crippen molar-refractivity contribution >= 4 is 0 Å². The van der Waals surface area contributed by atoms with Gasteiger partial charge >= 0.3 is 0 Å². The Bertz CT molecular complexity index is 927. The first-order chi connectivity index (χ1) is 15.5. The Labute approximate surface area is 206 Å². The van der Waals surface area contributed by atoms with Gasteiger partial charge in [0, 0.05) is 11.3 Å². The van der Waals surface area contributed by atoms with E-state index in [0.29, 0.717) is 5.92 Å². The molecule has 0 spiro atoms. The normalized spacial score (nSPS) is 52.4. The summed E-state index contributed by atoms with van der Waals surface area (Å²) in [5.41, 5.74) is 1.34. The summed E-state index contributed by atoms with van der Waals surface area (Å²) < 4.78 is 6.65. The van der Waals surface area contributed by atoms with Gasteiger partial charge in [0.05, 0.1) is 29.5 Å². The van der Waals surface area contributed by atoms with Crippen LogP contribution in [0, 0.1) is 33.5 Å². The van der Waals surface area contributed by atoms with Crippen LogP contribution in [0.5, 0.6) is 0 Å². The molecule has 0 aromatic heterocycles. The van der Waals surface area contributed by atoms with Crippen molar-refractivity contribution in [3.05, 3.63) is 23.3 Å². The highest BCUT2D eigenvalue weighted by atomic mass is 16.5. The van der Waals surface area contributed by atoms with E-state index in [0.717, 1.165) is 44.9 Å². The first kappa shape index (κ1) is 25.0. The molecule has 0 amide bonds. The van der Waals surface area contributed by atoms with E-state index >= 15 is 0 Å². The van der Waals surface area contributed by atoms with Crippen LogP contribution in [0.4, 0.5) is 0 Å². The third kappa shape index (κ3) is 3.04. The van der Waals surface area contributed by atoms with Crippen LogP contribution in [0.3, 0.4) is 0 Å². The van der Waals surface area contributed by atoms with Gasteiger partial charge in [-0.25, -0.2) is 0 Å². The quantitative estimate of drug-likeness (QED) is 0.493. The number of aliphatic hydroxyl groups is 3. The average Bonchev–Trinajstić information content (AvgIpc) is 3.20. The van der Waals surface area contributed by atoms with Gasteiger partial charge in [-0.05, 0) is 99.0 Å². The lowest BCUT2D eigenvalue weighted by molar-refractivity contribution is -0.185. The molecule has 4 heteroatoms. The van der Waals surface area contributed by atoms with Gasteiger partial charge < -0.3 is 20.1 Å². The van der Waals surface area contributed by atoms with Crippen LogP contribution >= 0.6 is 0 Å². The topological polar surface area (TPSA) is 69.9 Å². The Balaban J connectivity index is 1.53. The monoisotopic (exact) mass is 472 g/mol. The first-order valence-corrected chi connectivity index (χ1v) is 13.7. The molecule has 4 nitrogen and oxygen atoms in total. The zero-order valence-corrected chi connectivity index (χ0v) is 22.7. The van der Waals surface area contributed by atoms with Gasteiger partial charge in [-0.3, -0.25) is 0 Å². The molecule has 5 aliphatic rings. The SMILES string of the molecule is CC(C)(O)[C@@H]1CC[C@](C)(C2[C@@H](O)C[C@@]3(C)[C@@H]4CC=C5C(=CC[C@H](O)C5(C)C)[C@]4(C)CC[C@]23C)O1. The molecule has 9 atom stereocenters. The lowest BCUT2D eigenvalue weighted by Gasteiger charge is -2.64. The minimum Gasteiger partial charge on any atom is -0.393 e. The average molecular weight is 473 g/mol. The van der Waals surface area contributed by atoms with Crippen molar-refractivity contribution in [1.82, 2.24) is 0 Å². The third-order valence-electron chi connectivity index (χ3n) is 12.0. The second-order valence-electron chi connectivity index (χ2n) is 14.6. The van der Waals surface area contributed by atoms with Crippen LogP contribution in [0.2, 0.25) is 0 Å². The van der Waals surface area contributed by atoms with Crippen LogP contribution in [0.25, 0.3) is 0 Å². The van der Waals surface area contributed by atoms with E-state index in [2.05, 4.69) is 53.7 Å². The molecule has 34 heavy (non-hydrogen) atoms. The number of rotatable bonds is 2. The molecular weight excluding hydrogens is 424 g/mol. The van der Waals surface area contributed by atoms with Crippen molar-refractivity contribution in [1.29, 1.82) is 0 Å². The number of hydrogen-bond acceptors (Lipinski definition) is 4. The molecular formula is C30H48O4. The second-order valence-corrected chi connectivity index (χ2v) is 14.6. The molecule has 4 aliphatic carbocycles. The Morgan fingerprint density at radius 1 is 0.882 bits per heavy atom. The predicted octanol–water partition coefficient (Wildman–Crippen LogP) is 5.55. The highest BCUT2D eigenvalue weighted by Crippen LogP contribution is 2.75. The first-order valence-electron chi connectivity index (χ1n) is 13.7. The van der Waals surface area contributed by atoms with Gasteiger partial charge in [0.15, 0.2) is 0 Å². The van der Waals surface area contributed by atoms with E-state index in [9.17, 15) is 15.3 Å². The molecule has 1 heterocycles. The zero-order chi connectivity index (χ0) is 25.1. The summed E-state index contributed by atoms with van der Waals surface area (Å²) in [5.74, 6) is 0.514. The Kier molecular flexibility index (Phi) is 5.30. The maximum absolute atomic E-state index is 11.7. The molecule has 1 unspecified atom stereocenters. The number of aliphatic hydroxyl groups excluding tert-OH is 2. The van der Waals surface area contributed by atoms with Gasteiger partial charge in [-0.2, -0.15) is 0 Å². The summed E-state index contributed by atoms with van der Waals surface area (Å²) in [4.78, 5) is 0. The minimum absolute atomic E-state index is 0.00759. The molecule has 0 aromatic rings. The van der Waals surface area contributed by atoms with Gasteiger partial charge in [-0.15, -0.1) is 0 Å². The lowest BCUT2D eigenvalue weighted by Crippen LogP contribution is -2.58. The molecule has 0 radical (unpaired) electrons. The second kappa shape index (κ2) is 7.21. The van der Waals surface area contributed by atoms with Crippen molar-refractivity contribution in [2.45, 2.75) is 130 Å². The van der Waals surface area contributed by atoms with E-state index in [1.54, 1.807) is 0 Å². The van der Waals surface area contributed by atoms with Crippen LogP contribution in [-0.2, 0) is 4.74 Å². The van der Waals surface area contributed by atoms with Gasteiger partial charge in [0.2, 0.25) is 0 Å². The number of hydrogen-bond donors (Lipinski definition) is 3. The Morgan fingerprint density at radius 2 is 1.53 bits per heavy atom. The fraction of sp³-hybridized carbons (Fsp3) is 0.867. The molecule has 5 rings (SSSR count). The predicted molar refractivity (Wildman–Crippen MR) is 135 cm³/mol. The van der Waals surface area contributed by atoms with Crippen LogP contribution in [0.1, 0.15) is 100 Å². The summed E-state index contributed by atoms with van der Waals surface area (Å²) in [7, 11) is 0. The van der Waals surface area contributed by atoms with Gasteiger partial charge in [0.1, 0.15) is 0 Å². The van der Waals surface area contributed by atoms with E-state index in [-0.39, 0.29) is 39.8 Å². The number of allylic oxidation sites excluding steroid dienone is 2. The van der Waals surface area contributed by atoms with Gasteiger partial charge in [-0.1, -0.05) is 46.8 Å². The smallest absolute Gasteiger partial charge is 0.0865 e. The number of fused-ring (bicyclic) bond motifs is 5. The van der Waals surface area contributed by atoms with Crippen LogP contribution in [0.15, 0.2) is 23.3 Å². The van der Waals surface area contributed by atoms with Crippen LogP contribution < -0.4 is 0 Å². The fourth-order valence-corrected chi connectivity index (χ4v) is 9.76. The summed E-state index contributed by atoms with van der Waals surface area (Å²) in [5, 5.41) is 33.1. The zero-order valence-electron chi connectivity index (χ0n) is 22.7. The highest BCUT2D eigenvalue weighted by molar-refractivity contribution is 5.48. The molecule has 0 bridgehead atoms. The third-order valence-corrected chi connectivity index (χ3v) is 12.0. The largest absolute Gasteiger partial charge is 0.393 e. The summed E-state index contributed by atoms with van der Waals surface area (Å²) in [6, 6.07) is 0. The molecule has 3 N–H and O–H groups in total.